The molecule has 9 rings (SSSR count). The molecule has 2 aliphatic carbocycles. The lowest BCUT2D eigenvalue weighted by Crippen LogP contribution is -2.45. The summed E-state index contributed by atoms with van der Waals surface area (Å²) in [5.74, 6) is 0.729. The number of benzene rings is 4. The number of anilines is 2. The summed E-state index contributed by atoms with van der Waals surface area (Å²) in [6.07, 6.45) is 12.0. The normalized spacial score (nSPS) is 19.1. The fraction of sp³-hybridized carbons (Fsp3) is 0.122. The molecule has 0 saturated heterocycles. The fourth-order valence-electron chi connectivity index (χ4n) is 7.31. The summed E-state index contributed by atoms with van der Waals surface area (Å²) >= 11 is 1.98. The van der Waals surface area contributed by atoms with Crippen molar-refractivity contribution in [2.24, 2.45) is 0 Å². The van der Waals surface area contributed by atoms with E-state index in [1.807, 2.05) is 23.5 Å². The maximum Gasteiger partial charge on any atom is 0.160 e. The van der Waals surface area contributed by atoms with Crippen LogP contribution in [0.15, 0.2) is 121 Å². The molecule has 1 aliphatic heterocycles. The molecule has 45 heavy (non-hydrogen) atoms. The van der Waals surface area contributed by atoms with E-state index in [0.29, 0.717) is 0 Å². The Morgan fingerprint density at radius 2 is 1.42 bits per heavy atom. The van der Waals surface area contributed by atoms with Crippen LogP contribution >= 0.6 is 11.3 Å². The van der Waals surface area contributed by atoms with Crippen LogP contribution in [0.5, 0.6) is 0 Å². The number of thiophene rings is 1. The van der Waals surface area contributed by atoms with Gasteiger partial charge in [-0.15, -0.1) is 11.3 Å². The van der Waals surface area contributed by atoms with Crippen molar-refractivity contribution in [2.45, 2.75) is 31.2 Å². The summed E-state index contributed by atoms with van der Waals surface area (Å²) in [6.45, 7) is 2.41. The zero-order valence-electron chi connectivity index (χ0n) is 25.0. The van der Waals surface area contributed by atoms with E-state index in [4.69, 9.17) is 9.97 Å². The number of fused-ring (bicyclic) bond motifs is 6. The van der Waals surface area contributed by atoms with E-state index in [1.165, 1.54) is 37.1 Å². The number of hydrogen-bond donors (Lipinski definition) is 0. The number of para-hydroxylation sites is 1. The summed E-state index contributed by atoms with van der Waals surface area (Å²) in [6, 6.07) is 40.8. The zero-order chi connectivity index (χ0) is 30.0. The van der Waals surface area contributed by atoms with Gasteiger partial charge < -0.3 is 4.90 Å². The number of nitrogens with zero attached hydrogens (tertiary/aromatic N) is 3. The minimum atomic E-state index is -0.125. The van der Waals surface area contributed by atoms with Gasteiger partial charge in [0, 0.05) is 42.9 Å². The molecular weight excluding hydrogens is 567 g/mol. The molecule has 0 bridgehead atoms. The standard InChI is InChI=1S/C41H31N3S/c1-41-26-32-31-16-8-11-19-37(31)45-38(32)25-39(41)44(36-18-10-9-17-33(36)41)30-22-20-29(21-23-30)40-42-34(27-12-4-2-5-13-27)24-35(43-40)28-14-6-3-7-15-28/h2-10,12-18,20-26,39H,11,19H2,1H3. The van der Waals surface area contributed by atoms with Gasteiger partial charge >= 0.3 is 0 Å². The molecule has 3 aliphatic rings. The molecule has 0 spiro atoms. The van der Waals surface area contributed by atoms with Crippen LogP contribution in [0.1, 0.15) is 29.3 Å². The zero-order valence-corrected chi connectivity index (χ0v) is 25.8. The van der Waals surface area contributed by atoms with Crippen molar-refractivity contribution in [3.05, 3.63) is 147 Å². The SMILES string of the molecule is CC12C=c3c4c(sc3=CC1N(c1ccc(-c3nc(-c5ccccc5)cc(-c5ccccc5)n3)cc1)c1ccccc12)CCC=C4. The van der Waals surface area contributed by atoms with Crippen molar-refractivity contribution >= 4 is 40.9 Å². The first-order chi connectivity index (χ1) is 22.2. The van der Waals surface area contributed by atoms with E-state index in [1.54, 1.807) is 0 Å². The third-order valence-electron chi connectivity index (χ3n) is 9.57. The van der Waals surface area contributed by atoms with Crippen molar-refractivity contribution < 1.29 is 0 Å². The molecule has 2 aromatic heterocycles. The van der Waals surface area contributed by atoms with Gasteiger partial charge in [-0.05, 0) is 78.6 Å². The van der Waals surface area contributed by atoms with Gasteiger partial charge in [-0.2, -0.15) is 0 Å². The molecule has 6 aromatic rings. The molecule has 0 saturated carbocycles. The third-order valence-corrected chi connectivity index (χ3v) is 10.8. The van der Waals surface area contributed by atoms with Crippen molar-refractivity contribution in [1.29, 1.82) is 0 Å². The number of allylic oxidation sites excluding steroid dienone is 1. The Hall–Kier alpha value is -5.06. The Labute approximate surface area is 267 Å². The van der Waals surface area contributed by atoms with Crippen LogP contribution in [0.25, 0.3) is 52.1 Å². The highest BCUT2D eigenvalue weighted by molar-refractivity contribution is 7.10. The number of hydrogen-bond acceptors (Lipinski definition) is 4. The Kier molecular flexibility index (Phi) is 6.00. The molecule has 0 radical (unpaired) electrons. The van der Waals surface area contributed by atoms with E-state index >= 15 is 0 Å². The highest BCUT2D eigenvalue weighted by Gasteiger charge is 2.47. The molecule has 4 aromatic carbocycles. The van der Waals surface area contributed by atoms with Crippen LogP contribution in [-0.2, 0) is 11.8 Å². The lowest BCUT2D eigenvalue weighted by molar-refractivity contribution is 0.603. The highest BCUT2D eigenvalue weighted by atomic mass is 32.1. The van der Waals surface area contributed by atoms with Gasteiger partial charge in [0.15, 0.2) is 5.82 Å². The predicted octanol–water partition coefficient (Wildman–Crippen LogP) is 8.55. The molecule has 2 atom stereocenters. The van der Waals surface area contributed by atoms with Gasteiger partial charge in [0.25, 0.3) is 0 Å². The molecule has 0 N–H and O–H groups in total. The molecule has 2 unspecified atom stereocenters. The molecule has 3 heterocycles. The van der Waals surface area contributed by atoms with E-state index in [0.717, 1.165) is 46.7 Å². The summed E-state index contributed by atoms with van der Waals surface area (Å²) in [7, 11) is 0. The number of rotatable bonds is 4. The molecular formula is C41H31N3S. The molecule has 4 heteroatoms. The van der Waals surface area contributed by atoms with Crippen LogP contribution in [-0.4, -0.2) is 16.0 Å². The van der Waals surface area contributed by atoms with Gasteiger partial charge in [-0.25, -0.2) is 9.97 Å². The van der Waals surface area contributed by atoms with Crippen LogP contribution < -0.4 is 14.7 Å². The monoisotopic (exact) mass is 597 g/mol. The molecule has 0 amide bonds. The van der Waals surface area contributed by atoms with E-state index in [2.05, 4.69) is 139 Å². The maximum atomic E-state index is 5.06. The maximum absolute atomic E-state index is 5.06. The number of aryl methyl sites for hydroxylation is 1. The predicted molar refractivity (Wildman–Crippen MR) is 188 cm³/mol. The lowest BCUT2D eigenvalue weighted by Gasteiger charge is -2.34. The quantitative estimate of drug-likeness (QED) is 0.204. The largest absolute Gasteiger partial charge is 0.333 e. The highest BCUT2D eigenvalue weighted by Crippen LogP contribution is 2.51. The van der Waals surface area contributed by atoms with Crippen LogP contribution in [0.2, 0.25) is 0 Å². The minimum Gasteiger partial charge on any atom is -0.333 e. The Bertz CT molecular complexity index is 2180. The Balaban J connectivity index is 1.15. The van der Waals surface area contributed by atoms with E-state index in [-0.39, 0.29) is 11.5 Å². The van der Waals surface area contributed by atoms with Gasteiger partial charge in [-0.1, -0.05) is 97.1 Å². The minimum absolute atomic E-state index is 0.125. The molecule has 216 valence electrons. The lowest BCUT2D eigenvalue weighted by atomic mass is 9.75. The second-order valence-electron chi connectivity index (χ2n) is 12.3. The fourth-order valence-corrected chi connectivity index (χ4v) is 8.56. The topological polar surface area (TPSA) is 29.0 Å². The summed E-state index contributed by atoms with van der Waals surface area (Å²) < 4.78 is 1.41. The van der Waals surface area contributed by atoms with Crippen molar-refractivity contribution in [1.82, 2.24) is 9.97 Å². The van der Waals surface area contributed by atoms with Crippen LogP contribution in [0.4, 0.5) is 11.4 Å². The van der Waals surface area contributed by atoms with Gasteiger partial charge in [0.1, 0.15) is 0 Å². The van der Waals surface area contributed by atoms with Crippen molar-refractivity contribution in [2.75, 3.05) is 4.90 Å². The van der Waals surface area contributed by atoms with Crippen LogP contribution in [0.3, 0.4) is 0 Å². The molecule has 3 nitrogen and oxygen atoms in total. The Morgan fingerprint density at radius 1 is 0.756 bits per heavy atom. The number of aromatic nitrogens is 2. The summed E-state index contributed by atoms with van der Waals surface area (Å²) in [5, 5.41) is 1.42. The molecule has 0 fully saturated rings. The van der Waals surface area contributed by atoms with E-state index < -0.39 is 0 Å². The third kappa shape index (κ3) is 4.24. The first-order valence-corrected chi connectivity index (χ1v) is 16.5. The smallest absolute Gasteiger partial charge is 0.160 e. The van der Waals surface area contributed by atoms with Gasteiger partial charge in [0.05, 0.1) is 17.4 Å². The summed E-state index contributed by atoms with van der Waals surface area (Å²) in [4.78, 5) is 14.2. The first kappa shape index (κ1) is 26.4. The van der Waals surface area contributed by atoms with Crippen LogP contribution in [0, 0.1) is 0 Å². The van der Waals surface area contributed by atoms with E-state index in [9.17, 15) is 0 Å². The van der Waals surface area contributed by atoms with Crippen molar-refractivity contribution in [3.63, 3.8) is 0 Å². The second-order valence-corrected chi connectivity index (χ2v) is 13.5. The summed E-state index contributed by atoms with van der Waals surface area (Å²) in [5.41, 5.74) is 10.2. The first-order valence-electron chi connectivity index (χ1n) is 15.7. The van der Waals surface area contributed by atoms with Gasteiger partial charge in [0.2, 0.25) is 0 Å². The average Bonchev–Trinajstić information content (AvgIpc) is 3.59. The average molecular weight is 598 g/mol. The second kappa shape index (κ2) is 10.3. The van der Waals surface area contributed by atoms with Crippen molar-refractivity contribution in [3.8, 4) is 33.9 Å². The van der Waals surface area contributed by atoms with Gasteiger partial charge in [-0.3, -0.25) is 0 Å². The Morgan fingerprint density at radius 3 is 2.13 bits per heavy atom.